The number of ether oxygens (including phenoxy) is 1. The molecular weight excluding hydrogens is 164 g/mol. The van der Waals surface area contributed by atoms with Crippen molar-refractivity contribution in [2.24, 2.45) is 0 Å². The maximum absolute atomic E-state index is 5.42. The average Bonchev–Trinajstić information content (AvgIpc) is 2.69. The SMILES string of the molecule is C1CCN(CCC2COCCN2)C1. The minimum absolute atomic E-state index is 0.606. The van der Waals surface area contributed by atoms with Crippen LogP contribution < -0.4 is 5.32 Å². The number of nitrogens with zero attached hydrogens (tertiary/aromatic N) is 1. The minimum Gasteiger partial charge on any atom is -0.379 e. The molecule has 0 aromatic carbocycles. The fraction of sp³-hybridized carbons (Fsp3) is 1.00. The normalized spacial score (nSPS) is 30.9. The van der Waals surface area contributed by atoms with E-state index in [2.05, 4.69) is 10.2 Å². The molecule has 0 aromatic heterocycles. The number of rotatable bonds is 3. The van der Waals surface area contributed by atoms with Gasteiger partial charge in [0.05, 0.1) is 13.2 Å². The van der Waals surface area contributed by atoms with E-state index >= 15 is 0 Å². The van der Waals surface area contributed by atoms with Gasteiger partial charge in [0.2, 0.25) is 0 Å². The van der Waals surface area contributed by atoms with Crippen LogP contribution in [0.1, 0.15) is 19.3 Å². The van der Waals surface area contributed by atoms with Crippen LogP contribution in [0.5, 0.6) is 0 Å². The molecule has 3 heteroatoms. The van der Waals surface area contributed by atoms with Crippen LogP contribution in [0.25, 0.3) is 0 Å². The topological polar surface area (TPSA) is 24.5 Å². The molecule has 2 rings (SSSR count). The van der Waals surface area contributed by atoms with Crippen molar-refractivity contribution in [2.45, 2.75) is 25.3 Å². The maximum atomic E-state index is 5.42. The Morgan fingerprint density at radius 2 is 2.15 bits per heavy atom. The highest BCUT2D eigenvalue weighted by Crippen LogP contribution is 2.09. The third-order valence-corrected chi connectivity index (χ3v) is 2.99. The van der Waals surface area contributed by atoms with Crippen LogP contribution in [-0.4, -0.2) is 50.3 Å². The zero-order chi connectivity index (χ0) is 8.93. The van der Waals surface area contributed by atoms with E-state index in [1.54, 1.807) is 0 Å². The molecule has 76 valence electrons. The van der Waals surface area contributed by atoms with Crippen molar-refractivity contribution < 1.29 is 4.74 Å². The van der Waals surface area contributed by atoms with Crippen molar-refractivity contribution in [3.63, 3.8) is 0 Å². The van der Waals surface area contributed by atoms with E-state index in [0.29, 0.717) is 6.04 Å². The summed E-state index contributed by atoms with van der Waals surface area (Å²) >= 11 is 0. The van der Waals surface area contributed by atoms with Gasteiger partial charge in [0.1, 0.15) is 0 Å². The molecule has 13 heavy (non-hydrogen) atoms. The van der Waals surface area contributed by atoms with Gasteiger partial charge in [0, 0.05) is 12.6 Å². The zero-order valence-corrected chi connectivity index (χ0v) is 8.30. The molecule has 0 radical (unpaired) electrons. The van der Waals surface area contributed by atoms with Crippen molar-refractivity contribution in [2.75, 3.05) is 39.4 Å². The predicted octanol–water partition coefficient (Wildman–Crippen LogP) is 0.461. The van der Waals surface area contributed by atoms with Gasteiger partial charge >= 0.3 is 0 Å². The van der Waals surface area contributed by atoms with Crippen molar-refractivity contribution >= 4 is 0 Å². The van der Waals surface area contributed by atoms with E-state index in [-0.39, 0.29) is 0 Å². The number of hydrogen-bond acceptors (Lipinski definition) is 3. The first-order valence-electron chi connectivity index (χ1n) is 5.48. The van der Waals surface area contributed by atoms with E-state index in [9.17, 15) is 0 Å². The van der Waals surface area contributed by atoms with Gasteiger partial charge in [-0.1, -0.05) is 0 Å². The summed E-state index contributed by atoms with van der Waals surface area (Å²) in [6.45, 7) is 6.71. The molecule has 2 heterocycles. The van der Waals surface area contributed by atoms with Crippen LogP contribution in [-0.2, 0) is 4.74 Å². The lowest BCUT2D eigenvalue weighted by Gasteiger charge is -2.25. The summed E-state index contributed by atoms with van der Waals surface area (Å²) < 4.78 is 5.42. The van der Waals surface area contributed by atoms with Crippen molar-refractivity contribution in [3.8, 4) is 0 Å². The first-order chi connectivity index (χ1) is 6.45. The lowest BCUT2D eigenvalue weighted by atomic mass is 10.2. The van der Waals surface area contributed by atoms with Crippen LogP contribution in [0.2, 0.25) is 0 Å². The van der Waals surface area contributed by atoms with E-state index < -0.39 is 0 Å². The first-order valence-corrected chi connectivity index (χ1v) is 5.48. The highest BCUT2D eigenvalue weighted by atomic mass is 16.5. The second kappa shape index (κ2) is 4.94. The Balaban J connectivity index is 1.60. The molecule has 0 bridgehead atoms. The number of nitrogens with one attached hydrogen (secondary N) is 1. The molecule has 2 saturated heterocycles. The molecule has 0 aromatic rings. The summed E-state index contributed by atoms with van der Waals surface area (Å²) in [7, 11) is 0. The van der Waals surface area contributed by atoms with Crippen LogP contribution in [0.3, 0.4) is 0 Å². The fourth-order valence-electron chi connectivity index (χ4n) is 2.15. The largest absolute Gasteiger partial charge is 0.379 e. The Labute approximate surface area is 80.4 Å². The Kier molecular flexibility index (Phi) is 3.58. The summed E-state index contributed by atoms with van der Waals surface area (Å²) in [5.41, 5.74) is 0. The van der Waals surface area contributed by atoms with Gasteiger partial charge in [-0.3, -0.25) is 0 Å². The van der Waals surface area contributed by atoms with Gasteiger partial charge < -0.3 is 15.0 Å². The highest BCUT2D eigenvalue weighted by Gasteiger charge is 2.16. The molecule has 1 atom stereocenters. The molecule has 2 aliphatic heterocycles. The van der Waals surface area contributed by atoms with Crippen LogP contribution in [0, 0.1) is 0 Å². The Bertz CT molecular complexity index is 140. The van der Waals surface area contributed by atoms with E-state index in [4.69, 9.17) is 4.74 Å². The predicted molar refractivity (Wildman–Crippen MR) is 52.9 cm³/mol. The van der Waals surface area contributed by atoms with E-state index in [1.807, 2.05) is 0 Å². The highest BCUT2D eigenvalue weighted by molar-refractivity contribution is 4.74. The number of likely N-dealkylation sites (tertiary alicyclic amines) is 1. The summed E-state index contributed by atoms with van der Waals surface area (Å²) in [6, 6.07) is 0.606. The number of morpholine rings is 1. The van der Waals surface area contributed by atoms with Crippen LogP contribution >= 0.6 is 0 Å². The third-order valence-electron chi connectivity index (χ3n) is 2.99. The van der Waals surface area contributed by atoms with E-state index in [1.165, 1.54) is 38.9 Å². The first kappa shape index (κ1) is 9.44. The molecule has 0 aliphatic carbocycles. The Hall–Kier alpha value is -0.120. The summed E-state index contributed by atoms with van der Waals surface area (Å²) in [5.74, 6) is 0. The molecule has 0 saturated carbocycles. The molecule has 2 fully saturated rings. The quantitative estimate of drug-likeness (QED) is 0.689. The Morgan fingerprint density at radius 3 is 2.85 bits per heavy atom. The lowest BCUT2D eigenvalue weighted by Crippen LogP contribution is -2.43. The second-order valence-electron chi connectivity index (χ2n) is 4.06. The minimum atomic E-state index is 0.606. The molecule has 1 unspecified atom stereocenters. The van der Waals surface area contributed by atoms with E-state index in [0.717, 1.165) is 19.8 Å². The van der Waals surface area contributed by atoms with Crippen molar-refractivity contribution in [1.82, 2.24) is 10.2 Å². The van der Waals surface area contributed by atoms with Crippen LogP contribution in [0.4, 0.5) is 0 Å². The second-order valence-corrected chi connectivity index (χ2v) is 4.06. The molecule has 3 nitrogen and oxygen atoms in total. The third kappa shape index (κ3) is 2.93. The van der Waals surface area contributed by atoms with Gasteiger partial charge in [0.25, 0.3) is 0 Å². The van der Waals surface area contributed by atoms with Crippen LogP contribution in [0.15, 0.2) is 0 Å². The summed E-state index contributed by atoms with van der Waals surface area (Å²) in [6.07, 6.45) is 4.04. The molecule has 1 N–H and O–H groups in total. The molecule has 0 amide bonds. The standard InChI is InChI=1S/C10H20N2O/c1-2-6-12(5-1)7-3-10-9-13-8-4-11-10/h10-11H,1-9H2. The smallest absolute Gasteiger partial charge is 0.0620 e. The summed E-state index contributed by atoms with van der Waals surface area (Å²) in [4.78, 5) is 2.57. The van der Waals surface area contributed by atoms with Gasteiger partial charge in [-0.05, 0) is 38.9 Å². The Morgan fingerprint density at radius 1 is 1.31 bits per heavy atom. The van der Waals surface area contributed by atoms with Crippen molar-refractivity contribution in [1.29, 1.82) is 0 Å². The van der Waals surface area contributed by atoms with Gasteiger partial charge in [-0.2, -0.15) is 0 Å². The summed E-state index contributed by atoms with van der Waals surface area (Å²) in [5, 5.41) is 3.49. The lowest BCUT2D eigenvalue weighted by molar-refractivity contribution is 0.0710. The van der Waals surface area contributed by atoms with Gasteiger partial charge in [-0.15, -0.1) is 0 Å². The zero-order valence-electron chi connectivity index (χ0n) is 8.30. The maximum Gasteiger partial charge on any atom is 0.0620 e. The number of hydrogen-bond donors (Lipinski definition) is 1. The van der Waals surface area contributed by atoms with Gasteiger partial charge in [0.15, 0.2) is 0 Å². The monoisotopic (exact) mass is 184 g/mol. The average molecular weight is 184 g/mol. The molecule has 2 aliphatic rings. The molecular formula is C10H20N2O. The van der Waals surface area contributed by atoms with Crippen molar-refractivity contribution in [3.05, 3.63) is 0 Å². The van der Waals surface area contributed by atoms with Gasteiger partial charge in [-0.25, -0.2) is 0 Å². The molecule has 0 spiro atoms. The fourth-order valence-corrected chi connectivity index (χ4v) is 2.15.